The van der Waals surface area contributed by atoms with E-state index in [-0.39, 0.29) is 0 Å². The van der Waals surface area contributed by atoms with Crippen molar-refractivity contribution in [3.05, 3.63) is 181 Å². The minimum atomic E-state index is 0.824. The van der Waals surface area contributed by atoms with Gasteiger partial charge in [0.15, 0.2) is 10.1 Å². The van der Waals surface area contributed by atoms with Crippen LogP contribution in [-0.4, -0.2) is 0 Å². The van der Waals surface area contributed by atoms with Crippen molar-refractivity contribution < 1.29 is 9.47 Å². The molecule has 0 N–H and O–H groups in total. The SMILES string of the molecule is c1ccc(-c2c(Oc3cccs3)ccc(Sc3ccc(Oc4cccs4)c(-c4ccccc4)c3-c3ccccc3)c2-c2ccccc2)cc1. The van der Waals surface area contributed by atoms with E-state index in [0.717, 1.165) is 75.9 Å². The van der Waals surface area contributed by atoms with Crippen LogP contribution in [0.15, 0.2) is 190 Å². The van der Waals surface area contributed by atoms with Crippen molar-refractivity contribution in [1.29, 1.82) is 0 Å². The maximum absolute atomic E-state index is 6.60. The molecule has 0 unspecified atom stereocenters. The van der Waals surface area contributed by atoms with Crippen molar-refractivity contribution in [1.82, 2.24) is 0 Å². The zero-order valence-corrected chi connectivity index (χ0v) is 28.8. The highest BCUT2D eigenvalue weighted by Gasteiger charge is 2.23. The summed E-state index contributed by atoms with van der Waals surface area (Å²) in [6.07, 6.45) is 0. The van der Waals surface area contributed by atoms with Crippen LogP contribution in [0.5, 0.6) is 21.6 Å². The molecule has 49 heavy (non-hydrogen) atoms. The number of rotatable bonds is 10. The number of hydrogen-bond acceptors (Lipinski definition) is 5. The van der Waals surface area contributed by atoms with Gasteiger partial charge in [-0.1, -0.05) is 133 Å². The Morgan fingerprint density at radius 1 is 0.327 bits per heavy atom. The molecule has 2 aromatic heterocycles. The van der Waals surface area contributed by atoms with Crippen LogP contribution >= 0.6 is 34.4 Å². The highest BCUT2D eigenvalue weighted by atomic mass is 32.2. The van der Waals surface area contributed by atoms with E-state index in [9.17, 15) is 0 Å². The Balaban J connectivity index is 1.37. The van der Waals surface area contributed by atoms with Gasteiger partial charge in [-0.25, -0.2) is 0 Å². The summed E-state index contributed by atoms with van der Waals surface area (Å²) in [7, 11) is 0. The van der Waals surface area contributed by atoms with E-state index in [1.54, 1.807) is 34.4 Å². The standard InChI is InChI=1S/C44H30O2S3/c1-5-15-31(16-6-1)41-35(45-39-23-13-29-47-39)25-27-37(43(41)33-19-9-3-10-20-33)49-38-28-26-36(46-40-24-14-30-48-40)42(32-17-7-2-8-18-32)44(38)34-21-11-4-12-22-34/h1-30H. The zero-order chi connectivity index (χ0) is 32.8. The van der Waals surface area contributed by atoms with E-state index in [1.807, 2.05) is 35.0 Å². The third-order valence-electron chi connectivity index (χ3n) is 8.14. The summed E-state index contributed by atoms with van der Waals surface area (Å²) in [6, 6.07) is 59.1. The predicted octanol–water partition coefficient (Wildman–Crippen LogP) is 14.2. The fraction of sp³-hybridized carbons (Fsp3) is 0. The number of ether oxygens (including phenoxy) is 2. The fourth-order valence-electron chi connectivity index (χ4n) is 6.01. The van der Waals surface area contributed by atoms with E-state index in [4.69, 9.17) is 9.47 Å². The zero-order valence-electron chi connectivity index (χ0n) is 26.4. The molecule has 0 spiro atoms. The van der Waals surface area contributed by atoms with Gasteiger partial charge in [0.25, 0.3) is 0 Å². The topological polar surface area (TPSA) is 18.5 Å². The molecule has 0 amide bonds. The predicted molar refractivity (Wildman–Crippen MR) is 208 cm³/mol. The number of hydrogen-bond donors (Lipinski definition) is 0. The minimum Gasteiger partial charge on any atom is -0.446 e. The lowest BCUT2D eigenvalue weighted by molar-refractivity contribution is 0.498. The first-order valence-corrected chi connectivity index (χ1v) is 18.6. The molecular formula is C44H30O2S3. The molecule has 0 fully saturated rings. The molecule has 0 aliphatic heterocycles. The van der Waals surface area contributed by atoms with Crippen LogP contribution in [-0.2, 0) is 0 Å². The third-order valence-corrected chi connectivity index (χ3v) is 10.7. The summed E-state index contributed by atoms with van der Waals surface area (Å²) < 4.78 is 13.2. The molecule has 2 heterocycles. The second-order valence-electron chi connectivity index (χ2n) is 11.3. The molecule has 8 rings (SSSR count). The Morgan fingerprint density at radius 2 is 0.673 bits per heavy atom. The van der Waals surface area contributed by atoms with Crippen LogP contribution in [0.3, 0.4) is 0 Å². The van der Waals surface area contributed by atoms with Gasteiger partial charge in [0.2, 0.25) is 0 Å². The van der Waals surface area contributed by atoms with Gasteiger partial charge in [0.05, 0.1) is 0 Å². The van der Waals surface area contributed by atoms with Crippen molar-refractivity contribution in [2.75, 3.05) is 0 Å². The lowest BCUT2D eigenvalue weighted by atomic mass is 9.93. The number of thiophene rings is 2. The van der Waals surface area contributed by atoms with E-state index in [0.29, 0.717) is 0 Å². The quantitative estimate of drug-likeness (QED) is 0.143. The van der Waals surface area contributed by atoms with Gasteiger partial charge < -0.3 is 9.47 Å². The van der Waals surface area contributed by atoms with E-state index in [2.05, 4.69) is 146 Å². The molecule has 236 valence electrons. The third kappa shape index (κ3) is 6.70. The normalized spacial score (nSPS) is 10.9. The molecule has 8 aromatic rings. The first-order valence-electron chi connectivity index (χ1n) is 16.0. The van der Waals surface area contributed by atoms with Crippen LogP contribution < -0.4 is 9.47 Å². The maximum atomic E-state index is 6.60. The molecule has 0 saturated heterocycles. The second-order valence-corrected chi connectivity index (χ2v) is 14.2. The molecule has 0 aliphatic rings. The highest BCUT2D eigenvalue weighted by molar-refractivity contribution is 7.99. The second kappa shape index (κ2) is 14.4. The Bertz CT molecular complexity index is 2100. The van der Waals surface area contributed by atoms with Gasteiger partial charge in [0, 0.05) is 32.0 Å². The fourth-order valence-corrected chi connectivity index (χ4v) is 8.34. The van der Waals surface area contributed by atoms with Gasteiger partial charge in [-0.15, -0.1) is 22.7 Å². The van der Waals surface area contributed by atoms with Gasteiger partial charge in [0.1, 0.15) is 11.5 Å². The Labute approximate surface area is 298 Å². The Kier molecular flexibility index (Phi) is 9.12. The average Bonchev–Trinajstić information content (AvgIpc) is 3.89. The van der Waals surface area contributed by atoms with Gasteiger partial charge in [-0.05, 0) is 81.5 Å². The molecule has 5 heteroatoms. The van der Waals surface area contributed by atoms with Crippen molar-refractivity contribution >= 4 is 34.4 Å². The highest BCUT2D eigenvalue weighted by Crippen LogP contribution is 2.52. The van der Waals surface area contributed by atoms with Gasteiger partial charge in [-0.3, -0.25) is 0 Å². The first-order chi connectivity index (χ1) is 24.3. The van der Waals surface area contributed by atoms with Crippen molar-refractivity contribution in [2.24, 2.45) is 0 Å². The van der Waals surface area contributed by atoms with Crippen molar-refractivity contribution in [3.8, 4) is 66.1 Å². The molecule has 0 atom stereocenters. The largest absolute Gasteiger partial charge is 0.446 e. The van der Waals surface area contributed by atoms with E-state index >= 15 is 0 Å². The first kappa shape index (κ1) is 31.0. The van der Waals surface area contributed by atoms with Gasteiger partial charge >= 0.3 is 0 Å². The summed E-state index contributed by atoms with van der Waals surface area (Å²) in [6.45, 7) is 0. The van der Waals surface area contributed by atoms with Crippen LogP contribution in [0.1, 0.15) is 0 Å². The lowest BCUT2D eigenvalue weighted by Crippen LogP contribution is -1.96. The molecular weight excluding hydrogens is 657 g/mol. The van der Waals surface area contributed by atoms with E-state index < -0.39 is 0 Å². The van der Waals surface area contributed by atoms with E-state index in [1.165, 1.54) is 0 Å². The lowest BCUT2D eigenvalue weighted by Gasteiger charge is -2.22. The van der Waals surface area contributed by atoms with Crippen LogP contribution in [0, 0.1) is 0 Å². The monoisotopic (exact) mass is 686 g/mol. The van der Waals surface area contributed by atoms with Crippen LogP contribution in [0.25, 0.3) is 44.5 Å². The Hall–Kier alpha value is -5.33. The summed E-state index contributed by atoms with van der Waals surface area (Å²) in [5, 5.41) is 5.80. The molecule has 0 bridgehead atoms. The average molecular weight is 687 g/mol. The summed E-state index contributed by atoms with van der Waals surface area (Å²) in [5.74, 6) is 1.65. The molecule has 0 aliphatic carbocycles. The van der Waals surface area contributed by atoms with Crippen molar-refractivity contribution in [3.63, 3.8) is 0 Å². The van der Waals surface area contributed by atoms with Crippen LogP contribution in [0.4, 0.5) is 0 Å². The molecule has 0 radical (unpaired) electrons. The smallest absolute Gasteiger partial charge is 0.180 e. The summed E-state index contributed by atoms with van der Waals surface area (Å²) in [5.41, 5.74) is 8.84. The summed E-state index contributed by atoms with van der Waals surface area (Å²) >= 11 is 4.96. The van der Waals surface area contributed by atoms with Crippen molar-refractivity contribution in [2.45, 2.75) is 9.79 Å². The molecule has 6 aromatic carbocycles. The Morgan fingerprint density at radius 3 is 1.00 bits per heavy atom. The molecule has 2 nitrogen and oxygen atoms in total. The minimum absolute atomic E-state index is 0.824. The van der Waals surface area contributed by atoms with Crippen LogP contribution in [0.2, 0.25) is 0 Å². The molecule has 0 saturated carbocycles. The number of benzene rings is 6. The maximum Gasteiger partial charge on any atom is 0.180 e. The summed E-state index contributed by atoms with van der Waals surface area (Å²) in [4.78, 5) is 2.26. The van der Waals surface area contributed by atoms with Gasteiger partial charge in [-0.2, -0.15) is 0 Å².